The Kier molecular flexibility index (Phi) is 7.54. The Morgan fingerprint density at radius 3 is 1.18 bits per heavy atom. The summed E-state index contributed by atoms with van der Waals surface area (Å²) in [6, 6.07) is 29.9. The van der Waals surface area contributed by atoms with Crippen molar-refractivity contribution in [2.75, 3.05) is 34.4 Å². The summed E-state index contributed by atoms with van der Waals surface area (Å²) in [5.41, 5.74) is 16.2. The van der Waals surface area contributed by atoms with Gasteiger partial charge in [-0.15, -0.1) is 0 Å². The molecule has 0 atom stereocenters. The molecule has 0 saturated carbocycles. The monoisotopic (exact) mass is 446 g/mol. The van der Waals surface area contributed by atoms with Crippen LogP contribution in [0.2, 0.25) is 0 Å². The zero-order valence-electron chi connectivity index (χ0n) is 18.3. The second kappa shape index (κ2) is 10.9. The van der Waals surface area contributed by atoms with Gasteiger partial charge < -0.3 is 21.3 Å². The van der Waals surface area contributed by atoms with Gasteiger partial charge in [0.15, 0.2) is 11.8 Å². The number of hydrogen-bond donors (Lipinski definition) is 2. The third kappa shape index (κ3) is 5.17. The van der Waals surface area contributed by atoms with E-state index in [0.717, 1.165) is 11.4 Å². The predicted octanol–water partition coefficient (Wildman–Crippen LogP) is 4.45. The minimum Gasteiger partial charge on any atom is -0.397 e. The Morgan fingerprint density at radius 1 is 0.559 bits per heavy atom. The number of anilines is 6. The number of nitrogens with zero attached hydrogens (tertiary/aromatic N) is 6. The predicted molar refractivity (Wildman–Crippen MR) is 132 cm³/mol. The van der Waals surface area contributed by atoms with Gasteiger partial charge in [-0.25, -0.2) is 0 Å². The van der Waals surface area contributed by atoms with Gasteiger partial charge in [0.1, 0.15) is 0 Å². The lowest BCUT2D eigenvalue weighted by Gasteiger charge is -2.29. The molecule has 0 aliphatic carbocycles. The molecule has 4 N–H and O–H groups in total. The molecule has 0 fully saturated rings. The van der Waals surface area contributed by atoms with Crippen molar-refractivity contribution >= 4 is 34.1 Å². The van der Waals surface area contributed by atoms with Gasteiger partial charge in [-0.3, -0.25) is 0 Å². The zero-order valence-corrected chi connectivity index (χ0v) is 18.3. The molecule has 0 radical (unpaired) electrons. The highest BCUT2D eigenvalue weighted by Crippen LogP contribution is 2.35. The number of hydrogen-bond acceptors (Lipinski definition) is 8. The maximum absolute atomic E-state index is 9.34. The Morgan fingerprint density at radius 2 is 0.882 bits per heavy atom. The van der Waals surface area contributed by atoms with Crippen LogP contribution in [0.15, 0.2) is 72.8 Å². The fraction of sp³-hybridized carbons (Fsp3) is 0.154. The first-order valence-corrected chi connectivity index (χ1v) is 10.4. The van der Waals surface area contributed by atoms with Crippen LogP contribution in [0.5, 0.6) is 0 Å². The van der Waals surface area contributed by atoms with Crippen LogP contribution >= 0.6 is 0 Å². The van der Waals surface area contributed by atoms with Crippen molar-refractivity contribution in [1.82, 2.24) is 0 Å². The van der Waals surface area contributed by atoms with Crippen LogP contribution < -0.4 is 21.3 Å². The lowest BCUT2D eigenvalue weighted by molar-refractivity contribution is 0.812. The first kappa shape index (κ1) is 23.5. The normalized spacial score (nSPS) is 10.1. The van der Waals surface area contributed by atoms with Crippen LogP contribution in [0, 0.1) is 57.2 Å². The minimum atomic E-state index is -0.855. The molecule has 166 valence electrons. The van der Waals surface area contributed by atoms with Gasteiger partial charge in [0, 0.05) is 11.4 Å². The summed E-state index contributed by atoms with van der Waals surface area (Å²) in [5, 5.41) is 37.3. The summed E-state index contributed by atoms with van der Waals surface area (Å²) in [6.07, 6.45) is 0. The van der Waals surface area contributed by atoms with E-state index in [1.165, 1.54) is 0 Å². The van der Waals surface area contributed by atoms with E-state index in [9.17, 15) is 21.0 Å². The molecule has 34 heavy (non-hydrogen) atoms. The summed E-state index contributed by atoms with van der Waals surface area (Å²) < 4.78 is 0. The minimum absolute atomic E-state index is 0.140. The third-order valence-electron chi connectivity index (χ3n) is 5.28. The number of nitrogens with two attached hydrogens (primary N) is 2. The van der Waals surface area contributed by atoms with Crippen LogP contribution in [0.4, 0.5) is 34.1 Å². The largest absolute Gasteiger partial charge is 0.397 e. The molecule has 0 aliphatic rings. The van der Waals surface area contributed by atoms with Crippen LogP contribution in [0.25, 0.3) is 0 Å². The van der Waals surface area contributed by atoms with E-state index in [-0.39, 0.29) is 13.1 Å². The van der Waals surface area contributed by atoms with E-state index in [1.54, 1.807) is 12.1 Å². The molecular weight excluding hydrogens is 424 g/mol. The van der Waals surface area contributed by atoms with Crippen molar-refractivity contribution < 1.29 is 0 Å². The van der Waals surface area contributed by atoms with Crippen LogP contribution in [0.1, 0.15) is 0 Å². The third-order valence-corrected chi connectivity index (χ3v) is 5.28. The van der Waals surface area contributed by atoms with Gasteiger partial charge in [0.05, 0.1) is 60.1 Å². The standard InChI is InChI=1S/C26H22N8/c27-13-19(14-28)17-33(25-7-3-1-5-23(25)31)21-9-11-22(12-10-21)34(18-20(15-29)16-30)26-8-4-2-6-24(26)32/h1-12,19-20H,17-18,31-32H2. The molecule has 0 saturated heterocycles. The van der Waals surface area contributed by atoms with Gasteiger partial charge in [0.2, 0.25) is 0 Å². The molecule has 0 unspecified atom stereocenters. The molecule has 0 aliphatic heterocycles. The molecular formula is C26H22N8. The molecule has 0 amide bonds. The summed E-state index contributed by atoms with van der Waals surface area (Å²) in [5.74, 6) is -1.71. The second-order valence-electron chi connectivity index (χ2n) is 7.48. The summed E-state index contributed by atoms with van der Waals surface area (Å²) in [4.78, 5) is 3.65. The van der Waals surface area contributed by atoms with Crippen molar-refractivity contribution in [2.24, 2.45) is 11.8 Å². The Labute approximate surface area is 198 Å². The van der Waals surface area contributed by atoms with E-state index in [1.807, 2.05) is 94.7 Å². The molecule has 8 nitrogen and oxygen atoms in total. The fourth-order valence-corrected chi connectivity index (χ4v) is 3.55. The second-order valence-corrected chi connectivity index (χ2v) is 7.48. The molecule has 8 heteroatoms. The van der Waals surface area contributed by atoms with Gasteiger partial charge in [0.25, 0.3) is 0 Å². The Bertz CT molecular complexity index is 1170. The lowest BCUT2D eigenvalue weighted by Crippen LogP contribution is -2.26. The zero-order chi connectivity index (χ0) is 24.5. The van der Waals surface area contributed by atoms with E-state index in [0.29, 0.717) is 22.7 Å². The number of para-hydroxylation sites is 4. The highest BCUT2D eigenvalue weighted by molar-refractivity contribution is 5.78. The van der Waals surface area contributed by atoms with Crippen molar-refractivity contribution in [2.45, 2.75) is 0 Å². The molecule has 0 bridgehead atoms. The number of nitriles is 4. The molecule has 3 aromatic carbocycles. The van der Waals surface area contributed by atoms with Gasteiger partial charge >= 0.3 is 0 Å². The molecule has 0 spiro atoms. The summed E-state index contributed by atoms with van der Waals surface area (Å²) in [7, 11) is 0. The maximum Gasteiger partial charge on any atom is 0.151 e. The van der Waals surface area contributed by atoms with E-state index >= 15 is 0 Å². The average molecular weight is 447 g/mol. The van der Waals surface area contributed by atoms with Gasteiger partial charge in [-0.1, -0.05) is 24.3 Å². The topological polar surface area (TPSA) is 154 Å². The lowest BCUT2D eigenvalue weighted by atomic mass is 10.1. The SMILES string of the molecule is N#CC(C#N)CN(c1ccc(N(CC(C#N)C#N)c2ccccc2N)cc1)c1ccccc1N. The molecule has 3 aromatic rings. The van der Waals surface area contributed by atoms with E-state index in [2.05, 4.69) is 0 Å². The number of benzene rings is 3. The quantitative estimate of drug-likeness (QED) is 0.481. The first-order valence-electron chi connectivity index (χ1n) is 10.4. The van der Waals surface area contributed by atoms with Crippen molar-refractivity contribution in [3.63, 3.8) is 0 Å². The van der Waals surface area contributed by atoms with Crippen LogP contribution in [0.3, 0.4) is 0 Å². The summed E-state index contributed by atoms with van der Waals surface area (Å²) in [6.45, 7) is 0.279. The molecule has 0 heterocycles. The van der Waals surface area contributed by atoms with Crippen LogP contribution in [-0.2, 0) is 0 Å². The Hall–Kier alpha value is -5.18. The smallest absolute Gasteiger partial charge is 0.151 e. The van der Waals surface area contributed by atoms with Crippen molar-refractivity contribution in [1.29, 1.82) is 21.0 Å². The highest BCUT2D eigenvalue weighted by Gasteiger charge is 2.20. The first-order chi connectivity index (χ1) is 16.5. The Balaban J connectivity index is 2.03. The van der Waals surface area contributed by atoms with Crippen molar-refractivity contribution in [3.8, 4) is 24.3 Å². The maximum atomic E-state index is 9.34. The van der Waals surface area contributed by atoms with Gasteiger partial charge in [-0.2, -0.15) is 21.0 Å². The summed E-state index contributed by atoms with van der Waals surface area (Å²) >= 11 is 0. The van der Waals surface area contributed by atoms with Crippen LogP contribution in [-0.4, -0.2) is 13.1 Å². The van der Waals surface area contributed by atoms with Crippen molar-refractivity contribution in [3.05, 3.63) is 72.8 Å². The molecule has 0 aromatic heterocycles. The fourth-order valence-electron chi connectivity index (χ4n) is 3.55. The number of rotatable bonds is 8. The average Bonchev–Trinajstić information content (AvgIpc) is 2.87. The van der Waals surface area contributed by atoms with E-state index in [4.69, 9.17) is 11.5 Å². The number of nitrogen functional groups attached to an aromatic ring is 2. The highest BCUT2D eigenvalue weighted by atomic mass is 15.2. The van der Waals surface area contributed by atoms with E-state index < -0.39 is 11.8 Å². The molecule has 3 rings (SSSR count). The van der Waals surface area contributed by atoms with Gasteiger partial charge in [-0.05, 0) is 48.5 Å².